The van der Waals surface area contributed by atoms with E-state index in [0.717, 1.165) is 0 Å². The largest absolute Gasteiger partial charge is 0.457 e. The van der Waals surface area contributed by atoms with Gasteiger partial charge >= 0.3 is 0 Å². The minimum atomic E-state index is -0.489. The van der Waals surface area contributed by atoms with Gasteiger partial charge < -0.3 is 9.73 Å². The van der Waals surface area contributed by atoms with E-state index in [1.165, 1.54) is 18.2 Å². The average Bonchev–Trinajstić information content (AvgIpc) is 3.00. The monoisotopic (exact) mass is 325 g/mol. The van der Waals surface area contributed by atoms with Crippen molar-refractivity contribution >= 4 is 17.7 Å². The summed E-state index contributed by atoms with van der Waals surface area (Å²) in [7, 11) is 0. The van der Waals surface area contributed by atoms with Crippen LogP contribution in [0.5, 0.6) is 0 Å². The number of nitro groups is 1. The van der Waals surface area contributed by atoms with E-state index in [2.05, 4.69) is 5.32 Å². The Balaban J connectivity index is 2.29. The normalized spacial score (nSPS) is 11.2. The van der Waals surface area contributed by atoms with Crippen molar-refractivity contribution in [3.05, 3.63) is 57.8 Å². The zero-order valence-electron chi connectivity index (χ0n) is 13.1. The van der Waals surface area contributed by atoms with E-state index in [1.54, 1.807) is 38.1 Å². The van der Waals surface area contributed by atoms with Gasteiger partial charge in [0.05, 0.1) is 4.92 Å². The summed E-state index contributed by atoms with van der Waals surface area (Å²) in [5.41, 5.74) is 0.410. The van der Waals surface area contributed by atoms with E-state index in [0.29, 0.717) is 17.1 Å². The number of nitriles is 1. The molecule has 122 valence electrons. The molecule has 1 aromatic carbocycles. The highest BCUT2D eigenvalue weighted by molar-refractivity contribution is 6.01. The minimum Gasteiger partial charge on any atom is -0.457 e. The van der Waals surface area contributed by atoms with Crippen LogP contribution in [0.1, 0.15) is 19.6 Å². The molecule has 7 heteroatoms. The van der Waals surface area contributed by atoms with Gasteiger partial charge in [0.25, 0.3) is 11.6 Å². The number of nitrogens with one attached hydrogen (secondary N) is 1. The van der Waals surface area contributed by atoms with Gasteiger partial charge in [-0.25, -0.2) is 0 Å². The lowest BCUT2D eigenvalue weighted by Crippen LogP contribution is -2.30. The fourth-order valence-electron chi connectivity index (χ4n) is 1.99. The number of benzene rings is 1. The quantitative estimate of drug-likeness (QED) is 0.392. The van der Waals surface area contributed by atoms with Gasteiger partial charge in [0.1, 0.15) is 23.2 Å². The number of non-ortho nitro benzene ring substituents is 1. The fraction of sp³-hybridized carbons (Fsp3) is 0.176. The molecule has 1 heterocycles. The highest BCUT2D eigenvalue weighted by Gasteiger charge is 2.13. The van der Waals surface area contributed by atoms with Gasteiger partial charge in [-0.1, -0.05) is 12.1 Å². The molecule has 1 amide bonds. The van der Waals surface area contributed by atoms with E-state index in [1.807, 2.05) is 6.07 Å². The summed E-state index contributed by atoms with van der Waals surface area (Å²) < 4.78 is 5.56. The van der Waals surface area contributed by atoms with E-state index in [-0.39, 0.29) is 17.3 Å². The molecule has 0 aliphatic rings. The Kier molecular flexibility index (Phi) is 5.12. The Labute approximate surface area is 138 Å². The minimum absolute atomic E-state index is 0.0463. The summed E-state index contributed by atoms with van der Waals surface area (Å²) in [4.78, 5) is 22.2. The molecule has 1 aromatic heterocycles. The maximum atomic E-state index is 11.9. The van der Waals surface area contributed by atoms with Gasteiger partial charge in [-0.15, -0.1) is 0 Å². The summed E-state index contributed by atoms with van der Waals surface area (Å²) in [6, 6.07) is 11.0. The zero-order valence-corrected chi connectivity index (χ0v) is 13.1. The van der Waals surface area contributed by atoms with Crippen LogP contribution in [-0.2, 0) is 4.79 Å². The van der Waals surface area contributed by atoms with Crippen LogP contribution in [0, 0.1) is 21.4 Å². The molecule has 2 aromatic rings. The first-order valence-electron chi connectivity index (χ1n) is 7.18. The van der Waals surface area contributed by atoms with Gasteiger partial charge in [-0.3, -0.25) is 14.9 Å². The van der Waals surface area contributed by atoms with Crippen molar-refractivity contribution in [2.75, 3.05) is 0 Å². The second kappa shape index (κ2) is 7.24. The van der Waals surface area contributed by atoms with Crippen LogP contribution in [0.4, 0.5) is 5.69 Å². The standard InChI is InChI=1S/C17H15N3O4/c1-11(2)19-17(21)13(10-18)9-15-6-7-16(24-15)12-4-3-5-14(8-12)20(22)23/h3-9,11H,1-2H3,(H,19,21)/b13-9-. The van der Waals surface area contributed by atoms with Crippen LogP contribution >= 0.6 is 0 Å². The van der Waals surface area contributed by atoms with Crippen molar-refractivity contribution < 1.29 is 14.1 Å². The van der Waals surface area contributed by atoms with E-state index in [4.69, 9.17) is 9.68 Å². The first-order chi connectivity index (χ1) is 11.4. The van der Waals surface area contributed by atoms with Gasteiger partial charge in [0, 0.05) is 29.8 Å². The van der Waals surface area contributed by atoms with Crippen molar-refractivity contribution in [2.24, 2.45) is 0 Å². The van der Waals surface area contributed by atoms with Crippen molar-refractivity contribution in [1.29, 1.82) is 5.26 Å². The summed E-state index contributed by atoms with van der Waals surface area (Å²) in [6.45, 7) is 3.58. The molecule has 0 unspecified atom stereocenters. The highest BCUT2D eigenvalue weighted by atomic mass is 16.6. The number of rotatable bonds is 5. The van der Waals surface area contributed by atoms with Crippen LogP contribution in [0.3, 0.4) is 0 Å². The van der Waals surface area contributed by atoms with Crippen molar-refractivity contribution in [3.8, 4) is 17.4 Å². The van der Waals surface area contributed by atoms with E-state index >= 15 is 0 Å². The lowest BCUT2D eigenvalue weighted by atomic mass is 10.1. The topological polar surface area (TPSA) is 109 Å². The number of hydrogen-bond donors (Lipinski definition) is 1. The van der Waals surface area contributed by atoms with Gasteiger partial charge in [-0.2, -0.15) is 5.26 Å². The number of carbonyl (C=O) groups is 1. The Morgan fingerprint density at radius 2 is 2.12 bits per heavy atom. The lowest BCUT2D eigenvalue weighted by molar-refractivity contribution is -0.384. The molecule has 0 saturated carbocycles. The average molecular weight is 325 g/mol. The van der Waals surface area contributed by atoms with Crippen LogP contribution in [0.15, 0.2) is 46.4 Å². The Morgan fingerprint density at radius 3 is 2.75 bits per heavy atom. The Hall–Kier alpha value is -3.40. The molecule has 0 spiro atoms. The second-order valence-electron chi connectivity index (χ2n) is 5.31. The van der Waals surface area contributed by atoms with Gasteiger partial charge in [-0.05, 0) is 26.0 Å². The number of amides is 1. The smallest absolute Gasteiger partial charge is 0.270 e. The molecule has 0 aliphatic heterocycles. The maximum absolute atomic E-state index is 11.9. The molecule has 24 heavy (non-hydrogen) atoms. The zero-order chi connectivity index (χ0) is 17.7. The molecule has 2 rings (SSSR count). The summed E-state index contributed by atoms with van der Waals surface area (Å²) in [6.07, 6.45) is 1.33. The van der Waals surface area contributed by atoms with Gasteiger partial charge in [0.2, 0.25) is 0 Å². The predicted octanol–water partition coefficient (Wildman–Crippen LogP) is 3.29. The molecule has 0 aliphatic carbocycles. The number of nitro benzene ring substituents is 1. The van der Waals surface area contributed by atoms with Crippen LogP contribution in [0.25, 0.3) is 17.4 Å². The molecule has 1 N–H and O–H groups in total. The third kappa shape index (κ3) is 4.08. The second-order valence-corrected chi connectivity index (χ2v) is 5.31. The molecular weight excluding hydrogens is 310 g/mol. The predicted molar refractivity (Wildman–Crippen MR) is 87.7 cm³/mol. The molecule has 0 bridgehead atoms. The van der Waals surface area contributed by atoms with E-state index < -0.39 is 10.8 Å². The third-order valence-corrected chi connectivity index (χ3v) is 3.04. The van der Waals surface area contributed by atoms with Crippen LogP contribution in [0.2, 0.25) is 0 Å². The number of furan rings is 1. The van der Waals surface area contributed by atoms with Gasteiger partial charge in [0.15, 0.2) is 0 Å². The van der Waals surface area contributed by atoms with Crippen LogP contribution < -0.4 is 5.32 Å². The number of nitrogens with zero attached hydrogens (tertiary/aromatic N) is 2. The molecule has 0 fully saturated rings. The fourth-order valence-corrected chi connectivity index (χ4v) is 1.99. The summed E-state index contributed by atoms with van der Waals surface area (Å²) in [5, 5.41) is 22.5. The maximum Gasteiger partial charge on any atom is 0.270 e. The summed E-state index contributed by atoms with van der Waals surface area (Å²) >= 11 is 0. The molecule has 0 radical (unpaired) electrons. The highest BCUT2D eigenvalue weighted by Crippen LogP contribution is 2.26. The summed E-state index contributed by atoms with van der Waals surface area (Å²) in [5.74, 6) is 0.235. The Bertz CT molecular complexity index is 844. The van der Waals surface area contributed by atoms with Crippen molar-refractivity contribution in [2.45, 2.75) is 19.9 Å². The van der Waals surface area contributed by atoms with Crippen LogP contribution in [-0.4, -0.2) is 16.9 Å². The third-order valence-electron chi connectivity index (χ3n) is 3.04. The molecule has 7 nitrogen and oxygen atoms in total. The first-order valence-corrected chi connectivity index (χ1v) is 7.18. The first kappa shape index (κ1) is 17.0. The lowest BCUT2D eigenvalue weighted by Gasteiger charge is -2.06. The SMILES string of the molecule is CC(C)NC(=O)/C(C#N)=C\c1ccc(-c2cccc([N+](=O)[O-])c2)o1. The molecule has 0 saturated heterocycles. The number of hydrogen-bond acceptors (Lipinski definition) is 5. The van der Waals surface area contributed by atoms with E-state index in [9.17, 15) is 14.9 Å². The number of carbonyl (C=O) groups excluding carboxylic acids is 1. The van der Waals surface area contributed by atoms with Crippen molar-refractivity contribution in [3.63, 3.8) is 0 Å². The van der Waals surface area contributed by atoms with Crippen molar-refractivity contribution in [1.82, 2.24) is 5.32 Å². The Morgan fingerprint density at radius 1 is 1.38 bits per heavy atom. The molecular formula is C17H15N3O4. The molecule has 0 atom stereocenters.